The highest BCUT2D eigenvalue weighted by Crippen LogP contribution is 2.38. The molecule has 0 unspecified atom stereocenters. The topological polar surface area (TPSA) is 42.6 Å². The molecule has 5 aromatic rings. The molecular formula is C28H27BO3. The second kappa shape index (κ2) is 7.51. The molecule has 5 rings (SSSR count). The van der Waals surface area contributed by atoms with Crippen LogP contribution in [0.4, 0.5) is 0 Å². The molecule has 0 aliphatic carbocycles. The molecule has 3 nitrogen and oxygen atoms in total. The molecule has 0 saturated heterocycles. The van der Waals surface area contributed by atoms with E-state index in [0.717, 1.165) is 38.4 Å². The molecule has 160 valence electrons. The van der Waals surface area contributed by atoms with E-state index in [1.807, 2.05) is 32.0 Å². The first-order valence-corrected chi connectivity index (χ1v) is 11.0. The van der Waals surface area contributed by atoms with E-state index in [2.05, 4.69) is 60.7 Å². The summed E-state index contributed by atoms with van der Waals surface area (Å²) in [4.78, 5) is 0. The van der Waals surface area contributed by atoms with Crippen molar-refractivity contribution >= 4 is 45.7 Å². The Kier molecular flexibility index (Phi) is 4.88. The quantitative estimate of drug-likeness (QED) is 0.356. The van der Waals surface area contributed by atoms with E-state index in [1.54, 1.807) is 13.8 Å². The molecule has 4 aromatic carbocycles. The molecule has 4 heteroatoms. The number of furan rings is 1. The van der Waals surface area contributed by atoms with Crippen molar-refractivity contribution in [3.63, 3.8) is 0 Å². The van der Waals surface area contributed by atoms with Crippen LogP contribution in [-0.2, 0) is 4.65 Å². The predicted molar refractivity (Wildman–Crippen MR) is 135 cm³/mol. The lowest BCUT2D eigenvalue weighted by atomic mass is 9.79. The summed E-state index contributed by atoms with van der Waals surface area (Å²) in [6, 6.07) is 27.2. The number of benzene rings is 4. The zero-order valence-corrected chi connectivity index (χ0v) is 19.0. The highest BCUT2D eigenvalue weighted by Gasteiger charge is 2.35. The van der Waals surface area contributed by atoms with E-state index in [-0.39, 0.29) is 0 Å². The molecule has 0 amide bonds. The van der Waals surface area contributed by atoms with Crippen LogP contribution in [-0.4, -0.2) is 23.8 Å². The van der Waals surface area contributed by atoms with Gasteiger partial charge in [0.1, 0.15) is 11.2 Å². The van der Waals surface area contributed by atoms with Crippen LogP contribution in [0.1, 0.15) is 27.7 Å². The average molecular weight is 422 g/mol. The van der Waals surface area contributed by atoms with Gasteiger partial charge in [-0.05, 0) is 67.2 Å². The van der Waals surface area contributed by atoms with Gasteiger partial charge in [-0.3, -0.25) is 0 Å². The second-order valence-electron chi connectivity index (χ2n) is 9.45. The largest absolute Gasteiger partial charge is 0.456 e. The van der Waals surface area contributed by atoms with Crippen molar-refractivity contribution in [2.75, 3.05) is 0 Å². The summed E-state index contributed by atoms with van der Waals surface area (Å²) in [5.41, 5.74) is 3.61. The Balaban J connectivity index is 1.66. The molecule has 0 aliphatic heterocycles. The van der Waals surface area contributed by atoms with E-state index in [1.165, 1.54) is 10.9 Å². The zero-order chi connectivity index (χ0) is 22.5. The van der Waals surface area contributed by atoms with Crippen LogP contribution in [0.3, 0.4) is 0 Å². The number of fused-ring (bicyclic) bond motifs is 4. The minimum Gasteiger partial charge on any atom is -0.456 e. The number of aliphatic hydroxyl groups is 1. The van der Waals surface area contributed by atoms with E-state index >= 15 is 0 Å². The molecule has 32 heavy (non-hydrogen) atoms. The minimum absolute atomic E-state index is 0.427. The third-order valence-corrected chi connectivity index (χ3v) is 6.77. The third kappa shape index (κ3) is 3.40. The van der Waals surface area contributed by atoms with Crippen molar-refractivity contribution in [2.24, 2.45) is 0 Å². The molecule has 0 atom stereocenters. The highest BCUT2D eigenvalue weighted by molar-refractivity contribution is 6.51. The summed E-state index contributed by atoms with van der Waals surface area (Å²) in [6.45, 7) is 7.41. The summed E-state index contributed by atoms with van der Waals surface area (Å²) in [6.07, 6.45) is 0. The summed E-state index contributed by atoms with van der Waals surface area (Å²) >= 11 is 0. The van der Waals surface area contributed by atoms with Gasteiger partial charge in [-0.15, -0.1) is 0 Å². The summed E-state index contributed by atoms with van der Waals surface area (Å²) < 4.78 is 12.3. The third-order valence-electron chi connectivity index (χ3n) is 6.77. The first-order chi connectivity index (χ1) is 15.3. The van der Waals surface area contributed by atoms with Gasteiger partial charge in [0.2, 0.25) is 0 Å². The Morgan fingerprint density at radius 3 is 2.09 bits per heavy atom. The normalized spacial score (nSPS) is 12.7. The van der Waals surface area contributed by atoms with Gasteiger partial charge in [0.25, 0.3) is 0 Å². The monoisotopic (exact) mass is 422 g/mol. The Bertz CT molecular complexity index is 1440. The van der Waals surface area contributed by atoms with Crippen LogP contribution in [0.5, 0.6) is 0 Å². The van der Waals surface area contributed by atoms with Crippen molar-refractivity contribution < 1.29 is 14.2 Å². The van der Waals surface area contributed by atoms with Crippen LogP contribution in [0.2, 0.25) is 0 Å². The molecule has 1 aromatic heterocycles. The summed E-state index contributed by atoms with van der Waals surface area (Å²) in [5, 5.41) is 15.1. The molecule has 1 heterocycles. The number of para-hydroxylation sites is 1. The van der Waals surface area contributed by atoms with Crippen molar-refractivity contribution in [2.45, 2.75) is 38.9 Å². The molecule has 0 saturated carbocycles. The standard InChI is InChI=1S/C28H27BO3/c1-27(2,30)28(3,4)32-29-23-17-16-19(18-10-5-6-11-20(18)23)21-13-9-15-25-26(21)22-12-7-8-14-24(22)31-25/h5-17,29-30H,1-4H3. The Morgan fingerprint density at radius 2 is 1.34 bits per heavy atom. The predicted octanol–water partition coefficient (Wildman–Crippen LogP) is 5.95. The number of rotatable bonds is 5. The molecular weight excluding hydrogens is 395 g/mol. The van der Waals surface area contributed by atoms with Crippen LogP contribution >= 0.6 is 0 Å². The van der Waals surface area contributed by atoms with E-state index in [0.29, 0.717) is 7.48 Å². The Hall–Kier alpha value is -3.08. The smallest absolute Gasteiger partial charge is 0.310 e. The SMILES string of the molecule is CC(C)(O)C(C)(C)OBc1ccc(-c2cccc3oc4ccccc4c23)c2ccccc12. The van der Waals surface area contributed by atoms with Crippen molar-refractivity contribution in [3.05, 3.63) is 78.9 Å². The van der Waals surface area contributed by atoms with E-state index in [4.69, 9.17) is 9.07 Å². The average Bonchev–Trinajstić information content (AvgIpc) is 3.15. The summed E-state index contributed by atoms with van der Waals surface area (Å²) in [5.74, 6) is 0. The van der Waals surface area contributed by atoms with Gasteiger partial charge in [-0.2, -0.15) is 0 Å². The molecule has 0 bridgehead atoms. The maximum absolute atomic E-state index is 10.5. The van der Waals surface area contributed by atoms with Gasteiger partial charge < -0.3 is 14.2 Å². The number of hydrogen-bond acceptors (Lipinski definition) is 3. The lowest BCUT2D eigenvalue weighted by molar-refractivity contribution is -0.0893. The molecule has 1 N–H and O–H groups in total. The fourth-order valence-corrected chi connectivity index (χ4v) is 4.16. The van der Waals surface area contributed by atoms with E-state index < -0.39 is 11.2 Å². The van der Waals surface area contributed by atoms with Gasteiger partial charge in [0, 0.05) is 10.8 Å². The Labute approximate surface area is 188 Å². The van der Waals surface area contributed by atoms with Crippen molar-refractivity contribution in [3.8, 4) is 11.1 Å². The lowest BCUT2D eigenvalue weighted by Crippen LogP contribution is -2.49. The van der Waals surface area contributed by atoms with Crippen molar-refractivity contribution in [1.82, 2.24) is 0 Å². The zero-order valence-electron chi connectivity index (χ0n) is 19.0. The molecule has 0 aliphatic rings. The fourth-order valence-electron chi connectivity index (χ4n) is 4.16. The van der Waals surface area contributed by atoms with Gasteiger partial charge in [-0.1, -0.05) is 66.7 Å². The minimum atomic E-state index is -0.944. The fraction of sp³-hybridized carbons (Fsp3) is 0.214. The second-order valence-corrected chi connectivity index (χ2v) is 9.45. The Morgan fingerprint density at radius 1 is 0.688 bits per heavy atom. The van der Waals surface area contributed by atoms with Crippen LogP contribution < -0.4 is 5.46 Å². The lowest BCUT2D eigenvalue weighted by Gasteiger charge is -2.37. The van der Waals surface area contributed by atoms with Gasteiger partial charge in [0.15, 0.2) is 0 Å². The molecule has 0 radical (unpaired) electrons. The van der Waals surface area contributed by atoms with Gasteiger partial charge in [0.05, 0.1) is 11.2 Å². The van der Waals surface area contributed by atoms with E-state index in [9.17, 15) is 5.11 Å². The maximum atomic E-state index is 10.5. The van der Waals surface area contributed by atoms with Gasteiger partial charge in [-0.25, -0.2) is 0 Å². The molecule has 0 spiro atoms. The van der Waals surface area contributed by atoms with Crippen molar-refractivity contribution in [1.29, 1.82) is 0 Å². The van der Waals surface area contributed by atoms with Gasteiger partial charge >= 0.3 is 7.48 Å². The summed E-state index contributed by atoms with van der Waals surface area (Å²) in [7, 11) is 0.427. The first kappa shape index (κ1) is 20.8. The molecule has 0 fully saturated rings. The van der Waals surface area contributed by atoms with Crippen LogP contribution in [0.25, 0.3) is 43.8 Å². The van der Waals surface area contributed by atoms with Crippen LogP contribution in [0, 0.1) is 0 Å². The number of hydrogen-bond donors (Lipinski definition) is 1. The maximum Gasteiger partial charge on any atom is 0.310 e. The highest BCUT2D eigenvalue weighted by atomic mass is 16.5. The first-order valence-electron chi connectivity index (χ1n) is 11.0. The van der Waals surface area contributed by atoms with Crippen LogP contribution in [0.15, 0.2) is 83.3 Å².